The third-order valence-electron chi connectivity index (χ3n) is 2.23. The second kappa shape index (κ2) is 4.06. The Hall–Kier alpha value is -1.68. The minimum atomic E-state index is 0.589. The zero-order valence-electron chi connectivity index (χ0n) is 9.18. The van der Waals surface area contributed by atoms with Crippen molar-refractivity contribution in [3.8, 4) is 5.69 Å². The van der Waals surface area contributed by atoms with Gasteiger partial charge in [0.2, 0.25) is 0 Å². The average Bonchev–Trinajstić information content (AvgIpc) is 2.60. The fraction of sp³-hybridized carbons (Fsp3) is 0.182. The molecule has 0 unspecified atom stereocenters. The molecule has 0 aliphatic rings. The van der Waals surface area contributed by atoms with Crippen molar-refractivity contribution in [3.63, 3.8) is 0 Å². The van der Waals surface area contributed by atoms with E-state index in [1.165, 1.54) is 0 Å². The van der Waals surface area contributed by atoms with Crippen molar-refractivity contribution in [2.45, 2.75) is 0 Å². The van der Waals surface area contributed by atoms with Gasteiger partial charge in [0, 0.05) is 25.2 Å². The van der Waals surface area contributed by atoms with Crippen LogP contribution in [0.2, 0.25) is 5.02 Å². The molecule has 0 amide bonds. The van der Waals surface area contributed by atoms with Crippen LogP contribution in [-0.2, 0) is 0 Å². The fourth-order valence-electron chi connectivity index (χ4n) is 1.42. The van der Waals surface area contributed by atoms with Crippen LogP contribution < -0.4 is 10.6 Å². The minimum absolute atomic E-state index is 0.589. The molecule has 84 valence electrons. The summed E-state index contributed by atoms with van der Waals surface area (Å²) < 4.78 is 1.67. The Morgan fingerprint density at radius 2 is 2.06 bits per heavy atom. The van der Waals surface area contributed by atoms with Crippen molar-refractivity contribution in [2.24, 2.45) is 0 Å². The first-order valence-electron chi connectivity index (χ1n) is 4.87. The molecular weight excluding hydrogens is 224 g/mol. The standard InChI is InChI=1S/C11H13ClN4/c1-15(2)11-7-10(13)16(14-11)9-5-3-4-8(12)6-9/h3-7H,13H2,1-2H3. The van der Waals surface area contributed by atoms with Crippen molar-refractivity contribution in [3.05, 3.63) is 35.4 Å². The van der Waals surface area contributed by atoms with Gasteiger partial charge < -0.3 is 10.6 Å². The molecule has 2 aromatic rings. The predicted molar refractivity (Wildman–Crippen MR) is 67.3 cm³/mol. The normalized spacial score (nSPS) is 10.4. The molecule has 0 spiro atoms. The molecule has 5 heteroatoms. The third-order valence-corrected chi connectivity index (χ3v) is 2.47. The molecule has 0 atom stereocenters. The van der Waals surface area contributed by atoms with Gasteiger partial charge in [-0.25, -0.2) is 4.68 Å². The van der Waals surface area contributed by atoms with E-state index in [-0.39, 0.29) is 0 Å². The highest BCUT2D eigenvalue weighted by atomic mass is 35.5. The number of hydrogen-bond acceptors (Lipinski definition) is 3. The highest BCUT2D eigenvalue weighted by Gasteiger charge is 2.08. The maximum atomic E-state index is 5.92. The van der Waals surface area contributed by atoms with Gasteiger partial charge in [-0.3, -0.25) is 0 Å². The van der Waals surface area contributed by atoms with Gasteiger partial charge in [0.25, 0.3) is 0 Å². The summed E-state index contributed by atoms with van der Waals surface area (Å²) in [4.78, 5) is 1.90. The van der Waals surface area contributed by atoms with Crippen molar-refractivity contribution in [1.29, 1.82) is 0 Å². The van der Waals surface area contributed by atoms with E-state index in [0.717, 1.165) is 11.5 Å². The van der Waals surface area contributed by atoms with Crippen molar-refractivity contribution >= 4 is 23.2 Å². The number of hydrogen-bond donors (Lipinski definition) is 1. The van der Waals surface area contributed by atoms with Crippen LogP contribution in [0.15, 0.2) is 30.3 Å². The van der Waals surface area contributed by atoms with E-state index in [1.807, 2.05) is 49.3 Å². The van der Waals surface area contributed by atoms with E-state index in [0.29, 0.717) is 10.8 Å². The molecule has 0 radical (unpaired) electrons. The van der Waals surface area contributed by atoms with E-state index in [9.17, 15) is 0 Å². The molecule has 2 rings (SSSR count). The van der Waals surface area contributed by atoms with Gasteiger partial charge in [0.1, 0.15) is 5.82 Å². The molecule has 2 N–H and O–H groups in total. The maximum absolute atomic E-state index is 5.92. The Bertz CT molecular complexity index is 504. The molecule has 0 fully saturated rings. The van der Waals surface area contributed by atoms with Gasteiger partial charge in [-0.2, -0.15) is 0 Å². The number of rotatable bonds is 2. The van der Waals surface area contributed by atoms with Gasteiger partial charge in [-0.1, -0.05) is 17.7 Å². The summed E-state index contributed by atoms with van der Waals surface area (Å²) in [5.74, 6) is 1.41. The smallest absolute Gasteiger partial charge is 0.152 e. The van der Waals surface area contributed by atoms with E-state index >= 15 is 0 Å². The summed E-state index contributed by atoms with van der Waals surface area (Å²) in [5, 5.41) is 5.05. The lowest BCUT2D eigenvalue weighted by molar-refractivity contribution is 0.875. The summed E-state index contributed by atoms with van der Waals surface area (Å²) in [5.41, 5.74) is 6.75. The monoisotopic (exact) mass is 236 g/mol. The van der Waals surface area contributed by atoms with Crippen LogP contribution in [0.4, 0.5) is 11.6 Å². The van der Waals surface area contributed by atoms with E-state index < -0.39 is 0 Å². The average molecular weight is 237 g/mol. The lowest BCUT2D eigenvalue weighted by Crippen LogP contribution is -2.09. The molecule has 0 saturated heterocycles. The van der Waals surface area contributed by atoms with Crippen molar-refractivity contribution in [1.82, 2.24) is 9.78 Å². The van der Waals surface area contributed by atoms with Gasteiger partial charge in [0.05, 0.1) is 5.69 Å². The van der Waals surface area contributed by atoms with Gasteiger partial charge in [-0.15, -0.1) is 5.10 Å². The Morgan fingerprint density at radius 3 is 2.62 bits per heavy atom. The number of anilines is 2. The summed E-state index contributed by atoms with van der Waals surface area (Å²) in [6.45, 7) is 0. The van der Waals surface area contributed by atoms with Crippen LogP contribution in [0.1, 0.15) is 0 Å². The number of benzene rings is 1. The van der Waals surface area contributed by atoms with Gasteiger partial charge in [0.15, 0.2) is 5.82 Å². The zero-order chi connectivity index (χ0) is 11.7. The summed E-state index contributed by atoms with van der Waals surface area (Å²) in [6, 6.07) is 9.24. The number of halogens is 1. The van der Waals surface area contributed by atoms with Crippen LogP contribution in [0.25, 0.3) is 5.69 Å². The van der Waals surface area contributed by atoms with Crippen LogP contribution in [0.3, 0.4) is 0 Å². The molecule has 1 aromatic heterocycles. The Kier molecular flexibility index (Phi) is 2.75. The molecule has 4 nitrogen and oxygen atoms in total. The van der Waals surface area contributed by atoms with Gasteiger partial charge in [-0.05, 0) is 18.2 Å². The minimum Gasteiger partial charge on any atom is -0.384 e. The largest absolute Gasteiger partial charge is 0.384 e. The molecule has 0 aliphatic carbocycles. The lowest BCUT2D eigenvalue weighted by atomic mass is 10.3. The summed E-state index contributed by atoms with van der Waals surface area (Å²) >= 11 is 5.92. The first kappa shape index (κ1) is 10.8. The second-order valence-electron chi connectivity index (χ2n) is 3.71. The quantitative estimate of drug-likeness (QED) is 0.870. The Labute approximate surface area is 99.2 Å². The van der Waals surface area contributed by atoms with Crippen LogP contribution in [0, 0.1) is 0 Å². The fourth-order valence-corrected chi connectivity index (χ4v) is 1.60. The highest BCUT2D eigenvalue weighted by Crippen LogP contribution is 2.21. The van der Waals surface area contributed by atoms with Crippen molar-refractivity contribution in [2.75, 3.05) is 24.7 Å². The predicted octanol–water partition coefficient (Wildman–Crippen LogP) is 2.17. The molecule has 0 saturated carbocycles. The zero-order valence-corrected chi connectivity index (χ0v) is 9.94. The molecule has 0 aliphatic heterocycles. The van der Waals surface area contributed by atoms with E-state index in [1.54, 1.807) is 4.68 Å². The Balaban J connectivity index is 2.48. The molecule has 0 bridgehead atoms. The van der Waals surface area contributed by atoms with E-state index in [2.05, 4.69) is 5.10 Å². The van der Waals surface area contributed by atoms with Crippen LogP contribution in [0.5, 0.6) is 0 Å². The number of nitrogen functional groups attached to an aromatic ring is 1. The second-order valence-corrected chi connectivity index (χ2v) is 4.15. The number of aromatic nitrogens is 2. The first-order chi connectivity index (χ1) is 7.58. The molecular formula is C11H13ClN4. The maximum Gasteiger partial charge on any atom is 0.152 e. The number of nitrogens with zero attached hydrogens (tertiary/aromatic N) is 3. The summed E-state index contributed by atoms with van der Waals surface area (Å²) in [6.07, 6.45) is 0. The SMILES string of the molecule is CN(C)c1cc(N)n(-c2cccc(Cl)c2)n1. The van der Waals surface area contributed by atoms with Crippen molar-refractivity contribution < 1.29 is 0 Å². The van der Waals surface area contributed by atoms with E-state index in [4.69, 9.17) is 17.3 Å². The topological polar surface area (TPSA) is 47.1 Å². The lowest BCUT2D eigenvalue weighted by Gasteiger charge is -2.07. The highest BCUT2D eigenvalue weighted by molar-refractivity contribution is 6.30. The third kappa shape index (κ3) is 1.97. The number of nitrogens with two attached hydrogens (primary N) is 1. The molecule has 16 heavy (non-hydrogen) atoms. The van der Waals surface area contributed by atoms with Gasteiger partial charge >= 0.3 is 0 Å². The first-order valence-corrected chi connectivity index (χ1v) is 5.24. The summed E-state index contributed by atoms with van der Waals surface area (Å²) in [7, 11) is 3.84. The van der Waals surface area contributed by atoms with Crippen LogP contribution in [-0.4, -0.2) is 23.9 Å². The Morgan fingerprint density at radius 1 is 1.31 bits per heavy atom. The molecule has 1 aromatic carbocycles. The van der Waals surface area contributed by atoms with Crippen LogP contribution >= 0.6 is 11.6 Å². The molecule has 1 heterocycles.